The first-order chi connectivity index (χ1) is 11.1. The maximum atomic E-state index is 12.2. The summed E-state index contributed by atoms with van der Waals surface area (Å²) < 4.78 is 0. The summed E-state index contributed by atoms with van der Waals surface area (Å²) >= 11 is 1.48. The lowest BCUT2D eigenvalue weighted by Crippen LogP contribution is -2.38. The van der Waals surface area contributed by atoms with E-state index in [1.165, 1.54) is 11.3 Å². The van der Waals surface area contributed by atoms with E-state index in [0.29, 0.717) is 0 Å². The molecule has 1 aromatic carbocycles. The fourth-order valence-electron chi connectivity index (χ4n) is 2.49. The standard InChI is InChI=1S/C18H18N2O2S/c1-18(22,15-8-4-10-23-15)12-20-16(21)11-14-6-2-5-13-7-3-9-19-17(13)14/h2-10,22H,11-12H2,1H3,(H,20,21). The Morgan fingerprint density at radius 1 is 1.26 bits per heavy atom. The number of nitrogens with zero attached hydrogens (tertiary/aromatic N) is 1. The third-order valence-corrected chi connectivity index (χ3v) is 4.87. The second-order valence-electron chi connectivity index (χ2n) is 5.70. The highest BCUT2D eigenvalue weighted by atomic mass is 32.1. The zero-order valence-electron chi connectivity index (χ0n) is 12.8. The van der Waals surface area contributed by atoms with Gasteiger partial charge >= 0.3 is 0 Å². The van der Waals surface area contributed by atoms with E-state index in [2.05, 4.69) is 10.3 Å². The smallest absolute Gasteiger partial charge is 0.224 e. The van der Waals surface area contributed by atoms with Crippen molar-refractivity contribution in [2.75, 3.05) is 6.54 Å². The summed E-state index contributed by atoms with van der Waals surface area (Å²) in [5.74, 6) is -0.125. The molecule has 0 fully saturated rings. The number of hydrogen-bond acceptors (Lipinski definition) is 4. The second kappa shape index (κ2) is 6.48. The number of carbonyl (C=O) groups is 1. The van der Waals surface area contributed by atoms with Crippen LogP contribution in [0.3, 0.4) is 0 Å². The molecule has 1 amide bonds. The van der Waals surface area contributed by atoms with E-state index in [-0.39, 0.29) is 18.9 Å². The van der Waals surface area contributed by atoms with Crippen molar-refractivity contribution < 1.29 is 9.90 Å². The minimum Gasteiger partial charge on any atom is -0.383 e. The molecule has 4 nitrogen and oxygen atoms in total. The van der Waals surface area contributed by atoms with Crippen LogP contribution in [-0.2, 0) is 16.8 Å². The summed E-state index contributed by atoms with van der Waals surface area (Å²) in [6.45, 7) is 1.89. The molecule has 0 saturated carbocycles. The van der Waals surface area contributed by atoms with Crippen molar-refractivity contribution in [3.8, 4) is 0 Å². The van der Waals surface area contributed by atoms with Gasteiger partial charge < -0.3 is 10.4 Å². The third kappa shape index (κ3) is 3.57. The Kier molecular flexibility index (Phi) is 4.41. The highest BCUT2D eigenvalue weighted by Gasteiger charge is 2.24. The van der Waals surface area contributed by atoms with Crippen LogP contribution in [0.5, 0.6) is 0 Å². The number of benzene rings is 1. The van der Waals surface area contributed by atoms with Gasteiger partial charge in [0, 0.05) is 16.5 Å². The van der Waals surface area contributed by atoms with Crippen LogP contribution in [0.4, 0.5) is 0 Å². The van der Waals surface area contributed by atoms with Crippen molar-refractivity contribution in [2.45, 2.75) is 18.9 Å². The Hall–Kier alpha value is -2.24. The van der Waals surface area contributed by atoms with Crippen LogP contribution in [-0.4, -0.2) is 22.5 Å². The highest BCUT2D eigenvalue weighted by molar-refractivity contribution is 7.10. The van der Waals surface area contributed by atoms with E-state index in [4.69, 9.17) is 0 Å². The first-order valence-corrected chi connectivity index (χ1v) is 8.30. The number of thiophene rings is 1. The molecule has 0 saturated heterocycles. The minimum absolute atomic E-state index is 0.125. The van der Waals surface area contributed by atoms with Crippen LogP contribution in [0.2, 0.25) is 0 Å². The lowest BCUT2D eigenvalue weighted by Gasteiger charge is -2.22. The molecule has 2 heterocycles. The van der Waals surface area contributed by atoms with Gasteiger partial charge in [-0.15, -0.1) is 11.3 Å². The molecule has 0 aliphatic carbocycles. The van der Waals surface area contributed by atoms with E-state index in [9.17, 15) is 9.90 Å². The third-order valence-electron chi connectivity index (χ3n) is 3.75. The fraction of sp³-hybridized carbons (Fsp3) is 0.222. The maximum absolute atomic E-state index is 12.2. The van der Waals surface area contributed by atoms with Crippen LogP contribution in [0.15, 0.2) is 54.0 Å². The molecule has 23 heavy (non-hydrogen) atoms. The number of fused-ring (bicyclic) bond motifs is 1. The molecule has 5 heteroatoms. The average molecular weight is 326 g/mol. The van der Waals surface area contributed by atoms with Gasteiger partial charge in [-0.3, -0.25) is 9.78 Å². The first kappa shape index (κ1) is 15.6. The van der Waals surface area contributed by atoms with E-state index in [1.807, 2.05) is 47.8 Å². The average Bonchev–Trinajstić information content (AvgIpc) is 3.09. The maximum Gasteiger partial charge on any atom is 0.224 e. The highest BCUT2D eigenvalue weighted by Crippen LogP contribution is 2.24. The summed E-state index contributed by atoms with van der Waals surface area (Å²) in [6.07, 6.45) is 1.97. The van der Waals surface area contributed by atoms with E-state index in [1.54, 1.807) is 13.1 Å². The lowest BCUT2D eigenvalue weighted by atomic mass is 10.0. The number of aliphatic hydroxyl groups is 1. The predicted molar refractivity (Wildman–Crippen MR) is 92.3 cm³/mol. The molecule has 0 aliphatic heterocycles. The summed E-state index contributed by atoms with van der Waals surface area (Å²) in [5.41, 5.74) is 0.674. The molecular formula is C18H18N2O2S. The molecule has 118 valence electrons. The number of rotatable bonds is 5. The summed E-state index contributed by atoms with van der Waals surface area (Å²) in [4.78, 5) is 17.4. The van der Waals surface area contributed by atoms with Crippen molar-refractivity contribution in [3.05, 3.63) is 64.5 Å². The van der Waals surface area contributed by atoms with Gasteiger partial charge in [0.05, 0.1) is 18.5 Å². The predicted octanol–water partition coefficient (Wildman–Crippen LogP) is 2.86. The van der Waals surface area contributed by atoms with Crippen LogP contribution >= 0.6 is 11.3 Å². The van der Waals surface area contributed by atoms with E-state index in [0.717, 1.165) is 21.3 Å². The number of para-hydroxylation sites is 1. The topological polar surface area (TPSA) is 62.2 Å². The number of amides is 1. The molecule has 0 spiro atoms. The van der Waals surface area contributed by atoms with Gasteiger partial charge in [-0.1, -0.05) is 30.3 Å². The van der Waals surface area contributed by atoms with Crippen molar-refractivity contribution in [2.24, 2.45) is 0 Å². The number of pyridine rings is 1. The van der Waals surface area contributed by atoms with Gasteiger partial charge in [-0.2, -0.15) is 0 Å². The summed E-state index contributed by atoms with van der Waals surface area (Å²) in [5, 5.41) is 16.2. The molecule has 2 aromatic heterocycles. The Bertz CT molecular complexity index is 808. The number of carbonyl (C=O) groups excluding carboxylic acids is 1. The Balaban J connectivity index is 1.67. The Morgan fingerprint density at radius 3 is 2.87 bits per heavy atom. The van der Waals surface area contributed by atoms with Crippen LogP contribution in [0.25, 0.3) is 10.9 Å². The van der Waals surface area contributed by atoms with Gasteiger partial charge in [-0.25, -0.2) is 0 Å². The first-order valence-electron chi connectivity index (χ1n) is 7.42. The van der Waals surface area contributed by atoms with Crippen LogP contribution in [0.1, 0.15) is 17.4 Å². The zero-order valence-corrected chi connectivity index (χ0v) is 13.6. The van der Waals surface area contributed by atoms with Crippen molar-refractivity contribution in [1.82, 2.24) is 10.3 Å². The van der Waals surface area contributed by atoms with E-state index < -0.39 is 5.60 Å². The molecule has 3 aromatic rings. The molecular weight excluding hydrogens is 308 g/mol. The van der Waals surface area contributed by atoms with Crippen molar-refractivity contribution >= 4 is 28.1 Å². The van der Waals surface area contributed by atoms with Crippen molar-refractivity contribution in [1.29, 1.82) is 0 Å². The quantitative estimate of drug-likeness (QED) is 0.758. The van der Waals surface area contributed by atoms with Gasteiger partial charge in [-0.05, 0) is 30.0 Å². The van der Waals surface area contributed by atoms with Gasteiger partial charge in [0.1, 0.15) is 5.60 Å². The number of aromatic nitrogens is 1. The monoisotopic (exact) mass is 326 g/mol. The molecule has 0 radical (unpaired) electrons. The fourth-order valence-corrected chi connectivity index (χ4v) is 3.28. The molecule has 0 bridgehead atoms. The minimum atomic E-state index is -1.05. The van der Waals surface area contributed by atoms with Crippen LogP contribution < -0.4 is 5.32 Å². The van der Waals surface area contributed by atoms with Gasteiger partial charge in [0.2, 0.25) is 5.91 Å². The number of nitrogens with one attached hydrogen (secondary N) is 1. The van der Waals surface area contributed by atoms with Crippen molar-refractivity contribution in [3.63, 3.8) is 0 Å². The van der Waals surface area contributed by atoms with E-state index >= 15 is 0 Å². The summed E-state index contributed by atoms with van der Waals surface area (Å²) in [7, 11) is 0. The lowest BCUT2D eigenvalue weighted by molar-refractivity contribution is -0.121. The van der Waals surface area contributed by atoms with Gasteiger partial charge in [0.15, 0.2) is 0 Å². The largest absolute Gasteiger partial charge is 0.383 e. The molecule has 3 rings (SSSR count). The van der Waals surface area contributed by atoms with Gasteiger partial charge in [0.25, 0.3) is 0 Å². The molecule has 1 atom stereocenters. The molecule has 2 N–H and O–H groups in total. The molecule has 1 unspecified atom stereocenters. The Labute approximate surface area is 138 Å². The summed E-state index contributed by atoms with van der Waals surface area (Å²) in [6, 6.07) is 13.4. The number of hydrogen-bond donors (Lipinski definition) is 2. The second-order valence-corrected chi connectivity index (χ2v) is 6.64. The Morgan fingerprint density at radius 2 is 2.09 bits per heavy atom. The normalized spacial score (nSPS) is 13.7. The molecule has 0 aliphatic rings. The van der Waals surface area contributed by atoms with Crippen LogP contribution in [0, 0.1) is 0 Å². The SMILES string of the molecule is CC(O)(CNC(=O)Cc1cccc2cccnc12)c1cccs1. The zero-order chi connectivity index (χ0) is 16.3.